The third kappa shape index (κ3) is 4.89. The number of likely N-dealkylation sites (tertiary alicyclic amines) is 1. The summed E-state index contributed by atoms with van der Waals surface area (Å²) in [5.74, 6) is 3.15. The number of benzene rings is 2. The molecule has 0 spiro atoms. The Morgan fingerprint density at radius 1 is 1.03 bits per heavy atom. The Morgan fingerprint density at radius 2 is 1.76 bits per heavy atom. The number of nitrogens with zero attached hydrogens (tertiary/aromatic N) is 3. The zero-order valence-electron chi connectivity index (χ0n) is 20.2. The summed E-state index contributed by atoms with van der Waals surface area (Å²) in [6.45, 7) is 4.81. The van der Waals surface area contributed by atoms with Crippen LogP contribution in [0.2, 0.25) is 0 Å². The molecule has 34 heavy (non-hydrogen) atoms. The fourth-order valence-corrected chi connectivity index (χ4v) is 5.80. The van der Waals surface area contributed by atoms with E-state index >= 15 is 0 Å². The average molecular weight is 461 g/mol. The number of rotatable bonds is 9. The van der Waals surface area contributed by atoms with Crippen LogP contribution in [0.15, 0.2) is 59.1 Å². The lowest BCUT2D eigenvalue weighted by Gasteiger charge is -2.32. The third-order valence-corrected chi connectivity index (χ3v) is 7.73. The molecule has 0 bridgehead atoms. The van der Waals surface area contributed by atoms with Crippen molar-refractivity contribution in [3.05, 3.63) is 77.4 Å². The van der Waals surface area contributed by atoms with Gasteiger partial charge in [-0.1, -0.05) is 66.5 Å². The van der Waals surface area contributed by atoms with Gasteiger partial charge in [-0.05, 0) is 61.9 Å². The molecule has 1 saturated carbocycles. The second-order valence-corrected chi connectivity index (χ2v) is 9.70. The fraction of sp³-hybridized carbons (Fsp3) is 0.500. The van der Waals surface area contributed by atoms with Crippen LogP contribution in [0.3, 0.4) is 0 Å². The number of ether oxygens (including phenoxy) is 1. The van der Waals surface area contributed by atoms with Crippen LogP contribution in [-0.4, -0.2) is 48.3 Å². The zero-order chi connectivity index (χ0) is 23.2. The Hall–Kier alpha value is -2.70. The van der Waals surface area contributed by atoms with Crippen LogP contribution in [0, 0.1) is 0 Å². The van der Waals surface area contributed by atoms with Gasteiger partial charge in [-0.15, -0.1) is 0 Å². The number of para-hydroxylation sites is 1. The molecule has 0 unspecified atom stereocenters. The minimum Gasteiger partial charge on any atom is -0.496 e. The van der Waals surface area contributed by atoms with Crippen molar-refractivity contribution < 1.29 is 9.26 Å². The number of hydrogen-bond donors (Lipinski definition) is 1. The van der Waals surface area contributed by atoms with Crippen LogP contribution >= 0.6 is 0 Å². The Morgan fingerprint density at radius 3 is 2.53 bits per heavy atom. The SMILES string of the molecule is COc1ccccc1C1CCN(CCNCc2nc(C3(c4ccccc4)CCCC3)no2)CC1. The van der Waals surface area contributed by atoms with Crippen molar-refractivity contribution in [3.63, 3.8) is 0 Å². The molecule has 0 amide bonds. The van der Waals surface area contributed by atoms with Gasteiger partial charge in [-0.2, -0.15) is 4.98 Å². The first kappa shape index (κ1) is 23.1. The molecule has 5 rings (SSSR count). The van der Waals surface area contributed by atoms with E-state index < -0.39 is 0 Å². The maximum Gasteiger partial charge on any atom is 0.240 e. The van der Waals surface area contributed by atoms with Gasteiger partial charge < -0.3 is 19.5 Å². The van der Waals surface area contributed by atoms with Crippen molar-refractivity contribution >= 4 is 0 Å². The molecule has 0 atom stereocenters. The molecule has 6 nitrogen and oxygen atoms in total. The van der Waals surface area contributed by atoms with Gasteiger partial charge in [0.15, 0.2) is 5.82 Å². The quantitative estimate of drug-likeness (QED) is 0.458. The van der Waals surface area contributed by atoms with Crippen LogP contribution in [0.4, 0.5) is 0 Å². The first-order chi connectivity index (χ1) is 16.8. The monoisotopic (exact) mass is 460 g/mol. The van der Waals surface area contributed by atoms with Gasteiger partial charge in [0.25, 0.3) is 0 Å². The average Bonchev–Trinajstić information content (AvgIpc) is 3.58. The van der Waals surface area contributed by atoms with Crippen LogP contribution in [0.25, 0.3) is 0 Å². The summed E-state index contributed by atoms with van der Waals surface area (Å²) in [6.07, 6.45) is 6.96. The molecule has 1 aliphatic heterocycles. The first-order valence-electron chi connectivity index (χ1n) is 12.7. The normalized spacial score (nSPS) is 18.9. The molecule has 2 heterocycles. The summed E-state index contributed by atoms with van der Waals surface area (Å²) in [5, 5.41) is 7.93. The van der Waals surface area contributed by atoms with E-state index in [4.69, 9.17) is 14.2 Å². The zero-order valence-corrected chi connectivity index (χ0v) is 20.2. The smallest absolute Gasteiger partial charge is 0.240 e. The molecule has 1 aromatic heterocycles. The summed E-state index contributed by atoms with van der Waals surface area (Å²) >= 11 is 0. The van der Waals surface area contributed by atoms with E-state index in [2.05, 4.69) is 63.9 Å². The Labute approximate surface area is 202 Å². The van der Waals surface area contributed by atoms with Crippen molar-refractivity contribution in [3.8, 4) is 5.75 Å². The number of aromatic nitrogens is 2. The van der Waals surface area contributed by atoms with Gasteiger partial charge in [0.1, 0.15) is 5.75 Å². The molecule has 2 aliphatic rings. The minimum atomic E-state index is -0.0885. The number of piperidine rings is 1. The van der Waals surface area contributed by atoms with Crippen LogP contribution in [-0.2, 0) is 12.0 Å². The van der Waals surface area contributed by atoms with E-state index in [0.29, 0.717) is 18.4 Å². The van der Waals surface area contributed by atoms with Gasteiger partial charge in [0.05, 0.1) is 19.1 Å². The second kappa shape index (κ2) is 10.7. The molecule has 6 heteroatoms. The molecule has 1 saturated heterocycles. The summed E-state index contributed by atoms with van der Waals surface area (Å²) in [5.41, 5.74) is 2.57. The molecule has 3 aromatic rings. The Balaban J connectivity index is 1.09. The highest BCUT2D eigenvalue weighted by Crippen LogP contribution is 2.45. The Bertz CT molecular complexity index is 1040. The van der Waals surface area contributed by atoms with Crippen LogP contribution in [0.1, 0.15) is 67.3 Å². The predicted molar refractivity (Wildman–Crippen MR) is 133 cm³/mol. The molecule has 2 aromatic carbocycles. The highest BCUT2D eigenvalue weighted by Gasteiger charge is 2.41. The van der Waals surface area contributed by atoms with Crippen molar-refractivity contribution in [2.45, 2.75) is 56.4 Å². The summed E-state index contributed by atoms with van der Waals surface area (Å²) in [6, 6.07) is 19.1. The van der Waals surface area contributed by atoms with E-state index in [1.54, 1.807) is 7.11 Å². The molecule has 180 valence electrons. The van der Waals surface area contributed by atoms with E-state index in [1.807, 2.05) is 6.07 Å². The highest BCUT2D eigenvalue weighted by atomic mass is 16.5. The van der Waals surface area contributed by atoms with Crippen molar-refractivity contribution in [1.29, 1.82) is 0 Å². The lowest BCUT2D eigenvalue weighted by Crippen LogP contribution is -2.37. The molecular formula is C28H36N4O2. The number of methoxy groups -OCH3 is 1. The molecular weight excluding hydrogens is 424 g/mol. The van der Waals surface area contributed by atoms with Crippen LogP contribution < -0.4 is 10.1 Å². The second-order valence-electron chi connectivity index (χ2n) is 9.70. The molecule has 1 aliphatic carbocycles. The van der Waals surface area contributed by atoms with Gasteiger partial charge in [0, 0.05) is 13.1 Å². The van der Waals surface area contributed by atoms with Crippen molar-refractivity contribution in [2.24, 2.45) is 0 Å². The van der Waals surface area contributed by atoms with E-state index in [1.165, 1.54) is 36.8 Å². The highest BCUT2D eigenvalue weighted by molar-refractivity contribution is 5.36. The first-order valence-corrected chi connectivity index (χ1v) is 12.7. The number of hydrogen-bond acceptors (Lipinski definition) is 6. The molecule has 2 fully saturated rings. The van der Waals surface area contributed by atoms with Crippen LogP contribution in [0.5, 0.6) is 5.75 Å². The van der Waals surface area contributed by atoms with E-state index in [9.17, 15) is 0 Å². The fourth-order valence-electron chi connectivity index (χ4n) is 5.80. The van der Waals surface area contributed by atoms with Gasteiger partial charge in [-0.3, -0.25) is 0 Å². The molecule has 0 radical (unpaired) electrons. The Kier molecular flexibility index (Phi) is 7.26. The van der Waals surface area contributed by atoms with Gasteiger partial charge in [-0.25, -0.2) is 0 Å². The van der Waals surface area contributed by atoms with Crippen molar-refractivity contribution in [2.75, 3.05) is 33.3 Å². The summed E-state index contributed by atoms with van der Waals surface area (Å²) < 4.78 is 11.2. The standard InChI is InChI=1S/C28H36N4O2/c1-33-25-12-6-5-11-24(25)22-13-18-32(19-14-22)20-17-29-21-26-30-27(31-34-26)28(15-7-8-16-28)23-9-3-2-4-10-23/h2-6,9-12,22,29H,7-8,13-21H2,1H3. The van der Waals surface area contributed by atoms with Crippen molar-refractivity contribution in [1.82, 2.24) is 20.4 Å². The van der Waals surface area contributed by atoms with Gasteiger partial charge >= 0.3 is 0 Å². The maximum absolute atomic E-state index is 5.65. The summed E-state index contributed by atoms with van der Waals surface area (Å²) in [7, 11) is 1.77. The number of nitrogens with one attached hydrogen (secondary N) is 1. The van der Waals surface area contributed by atoms with Gasteiger partial charge in [0.2, 0.25) is 5.89 Å². The predicted octanol–water partition coefficient (Wildman–Crippen LogP) is 4.91. The van der Waals surface area contributed by atoms with E-state index in [-0.39, 0.29) is 5.41 Å². The third-order valence-electron chi connectivity index (χ3n) is 7.73. The topological polar surface area (TPSA) is 63.4 Å². The summed E-state index contributed by atoms with van der Waals surface area (Å²) in [4.78, 5) is 7.36. The molecule has 1 N–H and O–H groups in total. The minimum absolute atomic E-state index is 0.0885. The largest absolute Gasteiger partial charge is 0.496 e. The maximum atomic E-state index is 5.65. The lowest BCUT2D eigenvalue weighted by atomic mass is 9.78. The van der Waals surface area contributed by atoms with E-state index in [0.717, 1.165) is 50.6 Å². The lowest BCUT2D eigenvalue weighted by molar-refractivity contribution is 0.210.